The van der Waals surface area contributed by atoms with Gasteiger partial charge in [0, 0.05) is 6.20 Å². The number of rotatable bonds is 8. The third kappa shape index (κ3) is 7.99. The number of guanidine groups is 1. The molecule has 3 rings (SSSR count). The molecule has 200 valence electrons. The van der Waals surface area contributed by atoms with Crippen LogP contribution in [-0.4, -0.2) is 59.6 Å². The summed E-state index contributed by atoms with van der Waals surface area (Å²) in [6.07, 6.45) is 1.32. The highest BCUT2D eigenvalue weighted by Gasteiger charge is 2.23. The average molecular weight is 524 g/mol. The van der Waals surface area contributed by atoms with Crippen LogP contribution in [0.3, 0.4) is 0 Å². The summed E-state index contributed by atoms with van der Waals surface area (Å²) in [4.78, 5) is 44.8. The molecule has 2 amide bonds. The van der Waals surface area contributed by atoms with E-state index in [2.05, 4.69) is 37.3 Å². The molecule has 0 saturated heterocycles. The second-order valence-corrected chi connectivity index (χ2v) is 9.86. The summed E-state index contributed by atoms with van der Waals surface area (Å²) in [6, 6.07) is 7.72. The maximum absolute atomic E-state index is 13.2. The van der Waals surface area contributed by atoms with Crippen molar-refractivity contribution < 1.29 is 23.9 Å². The molecule has 1 aromatic heterocycles. The largest absolute Gasteiger partial charge is 0.481 e. The number of nitrogens with zero attached hydrogens (tertiary/aromatic N) is 3. The van der Waals surface area contributed by atoms with Gasteiger partial charge in [0.25, 0.3) is 5.91 Å². The predicted molar refractivity (Wildman–Crippen MR) is 138 cm³/mol. The van der Waals surface area contributed by atoms with Crippen LogP contribution in [0.2, 0.25) is 0 Å². The molecule has 12 heteroatoms. The van der Waals surface area contributed by atoms with E-state index in [-0.39, 0.29) is 24.1 Å². The van der Waals surface area contributed by atoms with Crippen LogP contribution >= 0.6 is 0 Å². The number of nitrogens with one attached hydrogen (secondary N) is 4. The lowest BCUT2D eigenvalue weighted by atomic mass is 9.84. The maximum atomic E-state index is 13.2. The number of hydrogen-bond donors (Lipinski definition) is 5. The van der Waals surface area contributed by atoms with E-state index in [4.69, 9.17) is 0 Å². The third-order valence-electron chi connectivity index (χ3n) is 5.68. The van der Waals surface area contributed by atoms with Crippen LogP contribution in [0.1, 0.15) is 60.3 Å². The number of amides is 2. The van der Waals surface area contributed by atoms with E-state index in [9.17, 15) is 29.1 Å². The van der Waals surface area contributed by atoms with Gasteiger partial charge >= 0.3 is 5.97 Å². The molecule has 1 aliphatic heterocycles. The molecule has 38 heavy (non-hydrogen) atoms. The Kier molecular flexibility index (Phi) is 8.96. The zero-order chi connectivity index (χ0) is 27.9. The van der Waals surface area contributed by atoms with Gasteiger partial charge in [-0.1, -0.05) is 26.8 Å². The number of nitriles is 1. The molecule has 0 radical (unpaired) electrons. The summed E-state index contributed by atoms with van der Waals surface area (Å²) in [5.74, 6) is -1.95. The fourth-order valence-electron chi connectivity index (χ4n) is 3.66. The lowest BCUT2D eigenvalue weighted by molar-refractivity contribution is -0.137. The Balaban J connectivity index is 1.66. The van der Waals surface area contributed by atoms with Crippen LogP contribution in [0.15, 0.2) is 41.7 Å². The van der Waals surface area contributed by atoms with Gasteiger partial charge in [-0.3, -0.25) is 19.4 Å². The Hall–Kier alpha value is -4.53. The highest BCUT2D eigenvalue weighted by molar-refractivity contribution is 5.99. The SMILES string of the molecule is CC(C)(C)c1cc(C#N)cc(C(CC(=O)O)NC(=O)CNC(=O)c2cncc(NC3=NCC(F)CN3)c2)c1. The second-order valence-electron chi connectivity index (χ2n) is 9.86. The van der Waals surface area contributed by atoms with Crippen LogP contribution in [0, 0.1) is 11.3 Å². The van der Waals surface area contributed by atoms with E-state index in [1.807, 2.05) is 20.8 Å². The van der Waals surface area contributed by atoms with E-state index in [0.29, 0.717) is 22.8 Å². The lowest BCUT2D eigenvalue weighted by Crippen LogP contribution is -2.41. The van der Waals surface area contributed by atoms with Crippen LogP contribution in [0.25, 0.3) is 0 Å². The molecule has 1 aromatic carbocycles. The predicted octanol–water partition coefficient (Wildman–Crippen LogP) is 2.02. The zero-order valence-corrected chi connectivity index (χ0v) is 21.3. The van der Waals surface area contributed by atoms with Crippen molar-refractivity contribution in [3.63, 3.8) is 0 Å². The van der Waals surface area contributed by atoms with Gasteiger partial charge in [0.1, 0.15) is 6.17 Å². The number of hydrogen-bond acceptors (Lipinski definition) is 8. The number of carboxylic acids is 1. The van der Waals surface area contributed by atoms with Crippen molar-refractivity contribution in [2.75, 3.05) is 25.0 Å². The number of benzene rings is 1. The van der Waals surface area contributed by atoms with Crippen LogP contribution in [0.4, 0.5) is 10.1 Å². The molecule has 0 aliphatic carbocycles. The summed E-state index contributed by atoms with van der Waals surface area (Å²) >= 11 is 0. The topological polar surface area (TPSA) is 169 Å². The van der Waals surface area contributed by atoms with Gasteiger partial charge in [0.15, 0.2) is 5.96 Å². The quantitative estimate of drug-likeness (QED) is 0.350. The minimum absolute atomic E-state index is 0.0270. The monoisotopic (exact) mass is 523 g/mol. The fraction of sp³-hybridized carbons (Fsp3) is 0.385. The molecule has 2 heterocycles. The Labute approximate surface area is 219 Å². The number of aliphatic imine (C=N–C) groups is 1. The number of carbonyl (C=O) groups excluding carboxylic acids is 2. The second kappa shape index (κ2) is 12.1. The number of carboxylic acid groups (broad SMARTS) is 1. The van der Waals surface area contributed by atoms with Crippen molar-refractivity contribution in [1.29, 1.82) is 5.26 Å². The van der Waals surface area contributed by atoms with Gasteiger partial charge in [-0.15, -0.1) is 0 Å². The Morgan fingerprint density at radius 2 is 2.00 bits per heavy atom. The molecule has 2 aromatic rings. The smallest absolute Gasteiger partial charge is 0.305 e. The molecule has 5 N–H and O–H groups in total. The van der Waals surface area contributed by atoms with Crippen molar-refractivity contribution in [3.8, 4) is 6.07 Å². The molecule has 0 spiro atoms. The highest BCUT2D eigenvalue weighted by Crippen LogP contribution is 2.28. The average Bonchev–Trinajstić information content (AvgIpc) is 2.87. The Morgan fingerprint density at radius 1 is 1.24 bits per heavy atom. The van der Waals surface area contributed by atoms with Gasteiger partial charge in [-0.05, 0) is 34.7 Å². The number of alkyl halides is 1. The first kappa shape index (κ1) is 28.0. The molecule has 1 aliphatic rings. The normalized spacial score (nSPS) is 15.8. The van der Waals surface area contributed by atoms with Gasteiger partial charge in [-0.2, -0.15) is 5.26 Å². The fourth-order valence-corrected chi connectivity index (χ4v) is 3.66. The van der Waals surface area contributed by atoms with E-state index in [1.165, 1.54) is 18.5 Å². The summed E-state index contributed by atoms with van der Waals surface area (Å²) in [5, 5.41) is 29.7. The Bertz CT molecular complexity index is 1280. The summed E-state index contributed by atoms with van der Waals surface area (Å²) in [7, 11) is 0. The van der Waals surface area contributed by atoms with Crippen molar-refractivity contribution in [1.82, 2.24) is 20.9 Å². The van der Waals surface area contributed by atoms with Crippen molar-refractivity contribution in [2.45, 2.75) is 44.8 Å². The number of aliphatic carboxylic acids is 1. The van der Waals surface area contributed by atoms with Crippen LogP contribution in [-0.2, 0) is 15.0 Å². The molecule has 0 saturated carbocycles. The Morgan fingerprint density at radius 3 is 2.63 bits per heavy atom. The highest BCUT2D eigenvalue weighted by atomic mass is 19.1. The summed E-state index contributed by atoms with van der Waals surface area (Å²) in [6.45, 7) is 5.63. The van der Waals surface area contributed by atoms with Crippen LogP contribution in [0.5, 0.6) is 0 Å². The van der Waals surface area contributed by atoms with E-state index in [0.717, 1.165) is 5.56 Å². The van der Waals surface area contributed by atoms with Crippen molar-refractivity contribution in [2.24, 2.45) is 4.99 Å². The molecule has 2 unspecified atom stereocenters. The number of halogens is 1. The van der Waals surface area contributed by atoms with E-state index >= 15 is 0 Å². The zero-order valence-electron chi connectivity index (χ0n) is 21.3. The number of pyridine rings is 1. The van der Waals surface area contributed by atoms with E-state index in [1.54, 1.807) is 18.2 Å². The number of aromatic nitrogens is 1. The molecule has 0 fully saturated rings. The standard InChI is InChI=1S/C26H30FN7O4/c1-26(2,3)18-5-15(9-28)4-16(6-18)21(8-23(36)37)34-22(35)14-30-24(38)17-7-20(13-29-10-17)33-25-31-11-19(27)12-32-25/h4-7,10,13,19,21H,8,11-12,14H2,1-3H3,(H,30,38)(H,34,35)(H,36,37)(H2,31,32,33). The van der Waals surface area contributed by atoms with Crippen LogP contribution < -0.4 is 21.3 Å². The molecular weight excluding hydrogens is 493 g/mol. The third-order valence-corrected chi connectivity index (χ3v) is 5.68. The number of anilines is 1. The van der Waals surface area contributed by atoms with Crippen molar-refractivity contribution >= 4 is 29.4 Å². The molecular formula is C26H30FN7O4. The molecule has 11 nitrogen and oxygen atoms in total. The van der Waals surface area contributed by atoms with E-state index < -0.39 is 43.0 Å². The summed E-state index contributed by atoms with van der Waals surface area (Å²) in [5.41, 5.74) is 1.97. The minimum Gasteiger partial charge on any atom is -0.481 e. The number of carbonyl (C=O) groups is 3. The minimum atomic E-state index is -1.13. The lowest BCUT2D eigenvalue weighted by Gasteiger charge is -2.23. The first-order valence-corrected chi connectivity index (χ1v) is 11.9. The molecule has 2 atom stereocenters. The van der Waals surface area contributed by atoms with Gasteiger partial charge in [0.2, 0.25) is 5.91 Å². The maximum Gasteiger partial charge on any atom is 0.305 e. The summed E-state index contributed by atoms with van der Waals surface area (Å²) < 4.78 is 13.2. The van der Waals surface area contributed by atoms with Gasteiger partial charge in [0.05, 0.1) is 61.2 Å². The first-order chi connectivity index (χ1) is 17.9. The van der Waals surface area contributed by atoms with Gasteiger partial charge < -0.3 is 26.4 Å². The molecule has 0 bridgehead atoms. The van der Waals surface area contributed by atoms with Crippen molar-refractivity contribution in [3.05, 3.63) is 58.9 Å². The van der Waals surface area contributed by atoms with Gasteiger partial charge in [-0.25, -0.2) is 9.38 Å². The first-order valence-electron chi connectivity index (χ1n) is 11.9.